The predicted molar refractivity (Wildman–Crippen MR) is 86.4 cm³/mol. The molecule has 2 unspecified atom stereocenters. The van der Waals surface area contributed by atoms with Crippen molar-refractivity contribution in [2.45, 2.75) is 57.3 Å². The van der Waals surface area contributed by atoms with Crippen molar-refractivity contribution in [2.24, 2.45) is 0 Å². The summed E-state index contributed by atoms with van der Waals surface area (Å²) in [5.74, 6) is 0.149. The van der Waals surface area contributed by atoms with Gasteiger partial charge in [0, 0.05) is 23.0 Å². The Labute approximate surface area is 130 Å². The molecule has 3 rings (SSSR count). The number of thiophene rings is 1. The van der Waals surface area contributed by atoms with Gasteiger partial charge in [0.25, 0.3) is 0 Å². The van der Waals surface area contributed by atoms with Gasteiger partial charge < -0.3 is 10.6 Å². The summed E-state index contributed by atoms with van der Waals surface area (Å²) in [5, 5.41) is 8.76. The maximum Gasteiger partial charge on any atom is 0.234 e. The van der Waals surface area contributed by atoms with Gasteiger partial charge in [-0.1, -0.05) is 13.0 Å². The summed E-state index contributed by atoms with van der Waals surface area (Å²) in [7, 11) is 0. The molecule has 21 heavy (non-hydrogen) atoms. The highest BCUT2D eigenvalue weighted by Crippen LogP contribution is 2.29. The third-order valence-electron chi connectivity index (χ3n) is 4.76. The Balaban J connectivity index is 1.48. The minimum absolute atomic E-state index is 0.149. The van der Waals surface area contributed by atoms with Crippen LogP contribution in [0.3, 0.4) is 0 Å². The van der Waals surface area contributed by atoms with Crippen molar-refractivity contribution in [3.63, 3.8) is 0 Å². The molecule has 1 aromatic heterocycles. The molecule has 116 valence electrons. The fourth-order valence-electron chi connectivity index (χ4n) is 3.66. The average Bonchev–Trinajstić information content (AvgIpc) is 3.12. The first-order valence-electron chi connectivity index (χ1n) is 8.03. The van der Waals surface area contributed by atoms with Crippen molar-refractivity contribution in [3.8, 4) is 0 Å². The molecule has 2 aliphatic heterocycles. The topological polar surface area (TPSA) is 44.4 Å². The number of piperidine rings is 1. The van der Waals surface area contributed by atoms with Crippen LogP contribution in [0.4, 0.5) is 0 Å². The van der Waals surface area contributed by atoms with E-state index in [0.29, 0.717) is 31.2 Å². The lowest BCUT2D eigenvalue weighted by Gasteiger charge is -2.36. The lowest BCUT2D eigenvalue weighted by atomic mass is 9.98. The predicted octanol–water partition coefficient (Wildman–Crippen LogP) is 1.97. The number of carbonyl (C=O) groups excluding carboxylic acids is 1. The van der Waals surface area contributed by atoms with E-state index >= 15 is 0 Å². The van der Waals surface area contributed by atoms with Crippen molar-refractivity contribution in [3.05, 3.63) is 22.4 Å². The monoisotopic (exact) mass is 307 g/mol. The molecule has 2 aliphatic rings. The van der Waals surface area contributed by atoms with E-state index in [1.54, 1.807) is 11.3 Å². The van der Waals surface area contributed by atoms with Crippen molar-refractivity contribution < 1.29 is 4.79 Å². The van der Waals surface area contributed by atoms with Crippen LogP contribution in [0, 0.1) is 0 Å². The van der Waals surface area contributed by atoms with Gasteiger partial charge >= 0.3 is 0 Å². The molecule has 1 aromatic rings. The Morgan fingerprint density at radius 1 is 1.43 bits per heavy atom. The third kappa shape index (κ3) is 3.84. The van der Waals surface area contributed by atoms with Crippen LogP contribution in [0.2, 0.25) is 0 Å². The molecular formula is C16H25N3OS. The molecule has 2 fully saturated rings. The van der Waals surface area contributed by atoms with Gasteiger partial charge in [-0.05, 0) is 43.7 Å². The van der Waals surface area contributed by atoms with Crippen LogP contribution in [-0.4, -0.2) is 42.0 Å². The summed E-state index contributed by atoms with van der Waals surface area (Å²) in [6.45, 7) is 4.31. The van der Waals surface area contributed by atoms with E-state index in [0.717, 1.165) is 6.54 Å². The van der Waals surface area contributed by atoms with Gasteiger partial charge in [0.05, 0.1) is 13.1 Å². The van der Waals surface area contributed by atoms with Gasteiger partial charge in [0.1, 0.15) is 0 Å². The molecule has 0 spiro atoms. The molecule has 0 aromatic carbocycles. The molecule has 0 saturated carbocycles. The van der Waals surface area contributed by atoms with Crippen LogP contribution in [0.15, 0.2) is 17.5 Å². The van der Waals surface area contributed by atoms with Crippen molar-refractivity contribution in [1.82, 2.24) is 15.5 Å². The fourth-order valence-corrected chi connectivity index (χ4v) is 4.31. The van der Waals surface area contributed by atoms with Crippen molar-refractivity contribution >= 4 is 17.2 Å². The second kappa shape index (κ2) is 6.90. The van der Waals surface area contributed by atoms with Gasteiger partial charge in [-0.3, -0.25) is 9.69 Å². The number of nitrogens with zero attached hydrogens (tertiary/aromatic N) is 1. The molecule has 4 nitrogen and oxygen atoms in total. The zero-order valence-corrected chi connectivity index (χ0v) is 13.5. The van der Waals surface area contributed by atoms with Crippen molar-refractivity contribution in [2.75, 3.05) is 13.1 Å². The molecule has 2 bridgehead atoms. The second-order valence-corrected chi connectivity index (χ2v) is 7.21. The second-order valence-electron chi connectivity index (χ2n) is 6.18. The Morgan fingerprint density at radius 3 is 2.81 bits per heavy atom. The zero-order valence-electron chi connectivity index (χ0n) is 12.7. The van der Waals surface area contributed by atoms with E-state index in [1.807, 2.05) is 11.4 Å². The lowest BCUT2D eigenvalue weighted by molar-refractivity contribution is -0.123. The maximum absolute atomic E-state index is 12.2. The lowest BCUT2D eigenvalue weighted by Crippen LogP contribution is -2.50. The Hall–Kier alpha value is -0.910. The van der Waals surface area contributed by atoms with E-state index in [2.05, 4.69) is 28.5 Å². The highest BCUT2D eigenvalue weighted by atomic mass is 32.1. The number of carbonyl (C=O) groups is 1. The summed E-state index contributed by atoms with van der Waals surface area (Å²) in [5.41, 5.74) is 0. The first kappa shape index (κ1) is 15.0. The van der Waals surface area contributed by atoms with E-state index in [9.17, 15) is 4.79 Å². The van der Waals surface area contributed by atoms with Crippen LogP contribution in [-0.2, 0) is 11.3 Å². The third-order valence-corrected chi connectivity index (χ3v) is 5.63. The Kier molecular flexibility index (Phi) is 4.93. The van der Waals surface area contributed by atoms with Crippen molar-refractivity contribution in [1.29, 1.82) is 0 Å². The smallest absolute Gasteiger partial charge is 0.234 e. The van der Waals surface area contributed by atoms with Crippen LogP contribution < -0.4 is 10.6 Å². The van der Waals surface area contributed by atoms with Gasteiger partial charge in [-0.15, -0.1) is 11.3 Å². The SMILES string of the molecule is CCN(CC(=O)NCc1cccs1)C1CC2CCC(C1)N2. The standard InChI is InChI=1S/C16H25N3OS/c1-2-19(14-8-12-5-6-13(9-14)18-12)11-16(20)17-10-15-4-3-7-21-15/h3-4,7,12-14,18H,2,5-6,8-11H2,1H3,(H,17,20). The van der Waals surface area contributed by atoms with Gasteiger partial charge in [0.2, 0.25) is 5.91 Å². The minimum Gasteiger partial charge on any atom is -0.350 e. The number of hydrogen-bond acceptors (Lipinski definition) is 4. The van der Waals surface area contributed by atoms with Gasteiger partial charge in [-0.2, -0.15) is 0 Å². The molecule has 2 saturated heterocycles. The average molecular weight is 307 g/mol. The first-order chi connectivity index (χ1) is 10.2. The summed E-state index contributed by atoms with van der Waals surface area (Å²) >= 11 is 1.69. The van der Waals surface area contributed by atoms with E-state index in [-0.39, 0.29) is 5.91 Å². The molecule has 0 aliphatic carbocycles. The summed E-state index contributed by atoms with van der Waals surface area (Å²) in [6.07, 6.45) is 5.01. The summed E-state index contributed by atoms with van der Waals surface area (Å²) in [4.78, 5) is 15.7. The number of nitrogens with one attached hydrogen (secondary N) is 2. The Bertz CT molecular complexity index is 450. The first-order valence-corrected chi connectivity index (χ1v) is 8.91. The van der Waals surface area contributed by atoms with Crippen LogP contribution >= 0.6 is 11.3 Å². The zero-order chi connectivity index (χ0) is 14.7. The quantitative estimate of drug-likeness (QED) is 0.844. The molecule has 2 atom stereocenters. The molecule has 1 amide bonds. The summed E-state index contributed by atoms with van der Waals surface area (Å²) in [6, 6.07) is 6.01. The fraction of sp³-hybridized carbons (Fsp3) is 0.688. The number of likely N-dealkylation sites (N-methyl/N-ethyl adjacent to an activating group) is 1. The van der Waals surface area contributed by atoms with E-state index < -0.39 is 0 Å². The number of rotatable bonds is 6. The Morgan fingerprint density at radius 2 is 2.19 bits per heavy atom. The molecule has 0 radical (unpaired) electrons. The maximum atomic E-state index is 12.2. The highest BCUT2D eigenvalue weighted by Gasteiger charge is 2.35. The minimum atomic E-state index is 0.149. The van der Waals surface area contributed by atoms with Crippen LogP contribution in [0.25, 0.3) is 0 Å². The van der Waals surface area contributed by atoms with E-state index in [1.165, 1.54) is 30.6 Å². The largest absolute Gasteiger partial charge is 0.350 e. The van der Waals surface area contributed by atoms with Crippen LogP contribution in [0.5, 0.6) is 0 Å². The molecule has 3 heterocycles. The summed E-state index contributed by atoms with van der Waals surface area (Å²) < 4.78 is 0. The highest BCUT2D eigenvalue weighted by molar-refractivity contribution is 7.09. The number of hydrogen-bond donors (Lipinski definition) is 2. The van der Waals surface area contributed by atoms with E-state index in [4.69, 9.17) is 0 Å². The molecular weight excluding hydrogens is 282 g/mol. The molecule has 2 N–H and O–H groups in total. The number of fused-ring (bicyclic) bond motifs is 2. The van der Waals surface area contributed by atoms with Crippen LogP contribution in [0.1, 0.15) is 37.5 Å². The number of amides is 1. The van der Waals surface area contributed by atoms with Gasteiger partial charge in [-0.25, -0.2) is 0 Å². The van der Waals surface area contributed by atoms with Gasteiger partial charge in [0.15, 0.2) is 0 Å². The normalized spacial score (nSPS) is 28.0. The molecule has 5 heteroatoms.